The van der Waals surface area contributed by atoms with Crippen LogP contribution in [-0.4, -0.2) is 70.5 Å². The number of H-pyrrole nitrogens is 1. The predicted molar refractivity (Wildman–Crippen MR) is 120 cm³/mol. The number of carbonyl (C=O) groups excluding carboxylic acids is 2. The maximum absolute atomic E-state index is 12.9. The average molecular weight is 448 g/mol. The van der Waals surface area contributed by atoms with Gasteiger partial charge in [-0.15, -0.1) is 0 Å². The summed E-state index contributed by atoms with van der Waals surface area (Å²) in [6, 6.07) is 14.4. The number of piperazine rings is 1. The van der Waals surface area contributed by atoms with E-state index in [9.17, 15) is 14.4 Å². The van der Waals surface area contributed by atoms with Crippen LogP contribution in [0, 0.1) is 0 Å². The number of ether oxygens (including phenoxy) is 2. The molecule has 9 nitrogen and oxygen atoms in total. The number of amides is 2. The maximum atomic E-state index is 12.9. The smallest absolute Gasteiger partial charge is 0.267 e. The molecule has 5 rings (SSSR count). The van der Waals surface area contributed by atoms with Crippen LogP contribution in [-0.2, 0) is 16.0 Å². The molecule has 0 saturated carbocycles. The van der Waals surface area contributed by atoms with Gasteiger partial charge in [-0.25, -0.2) is 4.98 Å². The molecule has 0 spiro atoms. The van der Waals surface area contributed by atoms with Crippen LogP contribution in [0.15, 0.2) is 53.3 Å². The van der Waals surface area contributed by atoms with Crippen LogP contribution >= 0.6 is 0 Å². The summed E-state index contributed by atoms with van der Waals surface area (Å²) in [6.07, 6.45) is -0.0889. The highest BCUT2D eigenvalue weighted by molar-refractivity contribution is 5.83. The molecule has 3 heterocycles. The predicted octanol–water partition coefficient (Wildman–Crippen LogP) is 1.37. The van der Waals surface area contributed by atoms with Crippen molar-refractivity contribution in [3.05, 3.63) is 64.7 Å². The molecule has 2 amide bonds. The number of benzene rings is 2. The van der Waals surface area contributed by atoms with E-state index in [1.165, 1.54) is 0 Å². The molecule has 0 unspecified atom stereocenters. The molecule has 0 aliphatic carbocycles. The molecule has 0 bridgehead atoms. The van der Waals surface area contributed by atoms with Gasteiger partial charge in [0, 0.05) is 39.0 Å². The van der Waals surface area contributed by atoms with Crippen LogP contribution in [0.25, 0.3) is 10.9 Å². The maximum Gasteiger partial charge on any atom is 0.267 e. The standard InChI is InChI=1S/C24H24N4O5/c29-22(10-9-21-25-17-6-2-1-5-16(17)23(30)26-21)27-11-13-28(14-12-27)24(31)20-15-32-18-7-3-4-8-19(18)33-20/h1-8,20H,9-15H2,(H,25,26,30)/t20-/m0/s1. The van der Waals surface area contributed by atoms with Gasteiger partial charge in [0.15, 0.2) is 11.5 Å². The number of hydrogen-bond acceptors (Lipinski definition) is 6. The first-order valence-corrected chi connectivity index (χ1v) is 11.0. The molecule has 2 aliphatic heterocycles. The van der Waals surface area contributed by atoms with Crippen molar-refractivity contribution in [1.29, 1.82) is 0 Å². The van der Waals surface area contributed by atoms with Crippen molar-refractivity contribution in [2.45, 2.75) is 18.9 Å². The minimum atomic E-state index is -0.682. The Morgan fingerprint density at radius 2 is 1.67 bits per heavy atom. The molecular formula is C24H24N4O5. The number of nitrogens with zero attached hydrogens (tertiary/aromatic N) is 3. The highest BCUT2D eigenvalue weighted by Crippen LogP contribution is 2.31. The second-order valence-corrected chi connectivity index (χ2v) is 8.10. The summed E-state index contributed by atoms with van der Waals surface area (Å²) in [7, 11) is 0. The molecule has 9 heteroatoms. The number of aromatic nitrogens is 2. The lowest BCUT2D eigenvalue weighted by atomic mass is 10.2. The van der Waals surface area contributed by atoms with E-state index >= 15 is 0 Å². The summed E-state index contributed by atoms with van der Waals surface area (Å²) in [4.78, 5) is 48.4. The van der Waals surface area contributed by atoms with Gasteiger partial charge < -0.3 is 24.3 Å². The molecule has 0 radical (unpaired) electrons. The molecule has 2 aliphatic rings. The molecule has 3 aromatic rings. The van der Waals surface area contributed by atoms with Gasteiger partial charge in [-0.2, -0.15) is 0 Å². The SMILES string of the molecule is O=C(CCc1nc2ccccc2c(=O)[nH]1)N1CCN(C(=O)[C@@H]2COc3ccccc3O2)CC1. The fraction of sp³-hybridized carbons (Fsp3) is 0.333. The first-order chi connectivity index (χ1) is 16.1. The number of aromatic amines is 1. The topological polar surface area (TPSA) is 105 Å². The molecule has 170 valence electrons. The van der Waals surface area contributed by atoms with Gasteiger partial charge in [0.25, 0.3) is 11.5 Å². The molecule has 1 atom stereocenters. The van der Waals surface area contributed by atoms with Crippen molar-refractivity contribution < 1.29 is 19.1 Å². The Bertz CT molecular complexity index is 1250. The van der Waals surface area contributed by atoms with Crippen LogP contribution < -0.4 is 15.0 Å². The van der Waals surface area contributed by atoms with Crippen LogP contribution in [0.1, 0.15) is 12.2 Å². The summed E-state index contributed by atoms with van der Waals surface area (Å²) < 4.78 is 11.5. The fourth-order valence-corrected chi connectivity index (χ4v) is 4.16. The first-order valence-electron chi connectivity index (χ1n) is 11.0. The van der Waals surface area contributed by atoms with Crippen molar-refractivity contribution in [2.24, 2.45) is 0 Å². The minimum Gasteiger partial charge on any atom is -0.485 e. The lowest BCUT2D eigenvalue weighted by Crippen LogP contribution is -2.55. The van der Waals surface area contributed by atoms with E-state index in [1.54, 1.807) is 34.1 Å². The van der Waals surface area contributed by atoms with Gasteiger partial charge in [0.1, 0.15) is 12.4 Å². The highest BCUT2D eigenvalue weighted by atomic mass is 16.6. The number of rotatable bonds is 4. The van der Waals surface area contributed by atoms with E-state index in [1.807, 2.05) is 24.3 Å². The lowest BCUT2D eigenvalue weighted by Gasteiger charge is -2.37. The Morgan fingerprint density at radius 1 is 0.970 bits per heavy atom. The fourth-order valence-electron chi connectivity index (χ4n) is 4.16. The van der Waals surface area contributed by atoms with Gasteiger partial charge in [-0.05, 0) is 24.3 Å². The first kappa shape index (κ1) is 21.0. The number of aryl methyl sites for hydroxylation is 1. The van der Waals surface area contributed by atoms with Crippen molar-refractivity contribution in [2.75, 3.05) is 32.8 Å². The third-order valence-corrected chi connectivity index (χ3v) is 5.97. The number of fused-ring (bicyclic) bond motifs is 2. The monoisotopic (exact) mass is 448 g/mol. The quantitative estimate of drug-likeness (QED) is 0.646. The van der Waals surface area contributed by atoms with E-state index < -0.39 is 6.10 Å². The largest absolute Gasteiger partial charge is 0.485 e. The third kappa shape index (κ3) is 4.39. The van der Waals surface area contributed by atoms with Crippen molar-refractivity contribution in [3.8, 4) is 11.5 Å². The second kappa shape index (κ2) is 8.93. The highest BCUT2D eigenvalue weighted by Gasteiger charge is 2.33. The molecule has 1 fully saturated rings. The molecule has 1 saturated heterocycles. The van der Waals surface area contributed by atoms with E-state index in [0.717, 1.165) is 0 Å². The molecule has 1 N–H and O–H groups in total. The van der Waals surface area contributed by atoms with E-state index in [2.05, 4.69) is 9.97 Å². The van der Waals surface area contributed by atoms with E-state index in [4.69, 9.17) is 9.47 Å². The lowest BCUT2D eigenvalue weighted by molar-refractivity contribution is -0.146. The van der Waals surface area contributed by atoms with Gasteiger partial charge in [-0.3, -0.25) is 14.4 Å². The second-order valence-electron chi connectivity index (χ2n) is 8.10. The average Bonchev–Trinajstić information content (AvgIpc) is 2.86. The van der Waals surface area contributed by atoms with Gasteiger partial charge in [-0.1, -0.05) is 24.3 Å². The van der Waals surface area contributed by atoms with Gasteiger partial charge in [0.05, 0.1) is 10.9 Å². The Hall–Kier alpha value is -3.88. The normalized spacial score (nSPS) is 17.8. The summed E-state index contributed by atoms with van der Waals surface area (Å²) in [5, 5.41) is 0.532. The number of nitrogens with one attached hydrogen (secondary N) is 1. The van der Waals surface area contributed by atoms with Crippen LogP contribution in [0.2, 0.25) is 0 Å². The number of carbonyl (C=O) groups is 2. The number of hydrogen-bond donors (Lipinski definition) is 1. The zero-order chi connectivity index (χ0) is 22.8. The molecule has 1 aromatic heterocycles. The van der Waals surface area contributed by atoms with Gasteiger partial charge in [0.2, 0.25) is 12.0 Å². The van der Waals surface area contributed by atoms with Crippen molar-refractivity contribution >= 4 is 22.7 Å². The van der Waals surface area contributed by atoms with E-state index in [-0.39, 0.29) is 30.4 Å². The summed E-state index contributed by atoms with van der Waals surface area (Å²) in [5.41, 5.74) is 0.416. The summed E-state index contributed by atoms with van der Waals surface area (Å²) >= 11 is 0. The van der Waals surface area contributed by atoms with Crippen molar-refractivity contribution in [3.63, 3.8) is 0 Å². The van der Waals surface area contributed by atoms with Crippen LogP contribution in [0.3, 0.4) is 0 Å². The Morgan fingerprint density at radius 3 is 2.48 bits per heavy atom. The number of para-hydroxylation sites is 3. The zero-order valence-corrected chi connectivity index (χ0v) is 18.0. The molecule has 2 aromatic carbocycles. The molecule has 33 heavy (non-hydrogen) atoms. The van der Waals surface area contributed by atoms with Gasteiger partial charge >= 0.3 is 0 Å². The zero-order valence-electron chi connectivity index (χ0n) is 18.0. The Labute approximate surface area is 189 Å². The minimum absolute atomic E-state index is 0.0240. The van der Waals surface area contributed by atoms with E-state index in [0.29, 0.717) is 60.8 Å². The van der Waals surface area contributed by atoms with Crippen LogP contribution in [0.4, 0.5) is 0 Å². The Balaban J connectivity index is 1.13. The third-order valence-electron chi connectivity index (χ3n) is 5.97. The molecular weight excluding hydrogens is 424 g/mol. The summed E-state index contributed by atoms with van der Waals surface area (Å²) in [5.74, 6) is 1.55. The Kier molecular flexibility index (Phi) is 5.68. The van der Waals surface area contributed by atoms with Crippen molar-refractivity contribution in [1.82, 2.24) is 19.8 Å². The van der Waals surface area contributed by atoms with Crippen LogP contribution in [0.5, 0.6) is 11.5 Å². The summed E-state index contributed by atoms with van der Waals surface area (Å²) in [6.45, 7) is 1.97.